The van der Waals surface area contributed by atoms with Crippen molar-refractivity contribution in [1.29, 1.82) is 0 Å². The number of hydrogen-bond donors (Lipinski definition) is 1. The number of sulfone groups is 1. The normalized spacial score (nSPS) is 12.9. The van der Waals surface area contributed by atoms with Crippen molar-refractivity contribution in [2.24, 2.45) is 0 Å². The van der Waals surface area contributed by atoms with E-state index in [2.05, 4.69) is 11.2 Å². The molecule has 0 aliphatic carbocycles. The molecule has 0 saturated heterocycles. The molecule has 0 heterocycles. The maximum atomic E-state index is 11.5. The molecule has 0 fully saturated rings. The van der Waals surface area contributed by atoms with Crippen molar-refractivity contribution < 1.29 is 8.42 Å². The molecule has 1 atom stereocenters. The Balaban J connectivity index is 2.90. The molecular formula is C14H19NO2S. The first-order valence-corrected chi connectivity index (χ1v) is 7.79. The predicted octanol–water partition coefficient (Wildman–Crippen LogP) is 2.15. The summed E-state index contributed by atoms with van der Waals surface area (Å²) in [5.74, 6) is 2.61. The lowest BCUT2D eigenvalue weighted by Gasteiger charge is -2.16. The highest BCUT2D eigenvalue weighted by Crippen LogP contribution is 2.21. The quantitative estimate of drug-likeness (QED) is 0.633. The second-order valence-electron chi connectivity index (χ2n) is 4.28. The van der Waals surface area contributed by atoms with E-state index in [4.69, 9.17) is 6.42 Å². The zero-order chi connectivity index (χ0) is 13.6. The zero-order valence-corrected chi connectivity index (χ0v) is 11.6. The Morgan fingerprint density at radius 1 is 1.44 bits per heavy atom. The highest BCUT2D eigenvalue weighted by Gasteiger charge is 2.12. The molecule has 0 amide bonds. The largest absolute Gasteiger partial charge is 0.313 e. The summed E-state index contributed by atoms with van der Waals surface area (Å²) in [5.41, 5.74) is 0.984. The van der Waals surface area contributed by atoms with Crippen molar-refractivity contribution >= 4 is 9.84 Å². The van der Waals surface area contributed by atoms with Crippen LogP contribution in [0, 0.1) is 12.3 Å². The number of benzene rings is 1. The molecule has 1 rings (SSSR count). The van der Waals surface area contributed by atoms with Gasteiger partial charge in [0.2, 0.25) is 0 Å². The molecule has 0 aliphatic heterocycles. The Morgan fingerprint density at radius 3 is 2.72 bits per heavy atom. The molecule has 4 heteroatoms. The molecule has 3 nitrogen and oxygen atoms in total. The number of nitrogens with one attached hydrogen (secondary N) is 1. The highest BCUT2D eigenvalue weighted by molar-refractivity contribution is 7.90. The van der Waals surface area contributed by atoms with Gasteiger partial charge in [0.15, 0.2) is 9.84 Å². The van der Waals surface area contributed by atoms with Crippen LogP contribution < -0.4 is 5.32 Å². The molecule has 1 N–H and O–H groups in total. The molecular weight excluding hydrogens is 246 g/mol. The molecule has 0 saturated carbocycles. The zero-order valence-electron chi connectivity index (χ0n) is 10.8. The van der Waals surface area contributed by atoms with Crippen molar-refractivity contribution in [1.82, 2.24) is 5.32 Å². The fourth-order valence-corrected chi connectivity index (χ4v) is 2.52. The number of terminal acetylenes is 1. The lowest BCUT2D eigenvalue weighted by Crippen LogP contribution is -2.16. The second-order valence-corrected chi connectivity index (χ2v) is 6.30. The standard InChI is InChI=1S/C14H19NO2S/c1-4-5-6-10-14(15-2)12-8-7-9-13(11-12)18(3,16)17/h1,7-9,11,14-15H,5-6,10H2,2-3H3. The molecule has 98 valence electrons. The topological polar surface area (TPSA) is 46.2 Å². The second kappa shape index (κ2) is 6.58. The molecule has 0 bridgehead atoms. The molecule has 0 aliphatic rings. The highest BCUT2D eigenvalue weighted by atomic mass is 32.2. The Hall–Kier alpha value is -1.31. The van der Waals surface area contributed by atoms with Gasteiger partial charge in [-0.3, -0.25) is 0 Å². The van der Waals surface area contributed by atoms with Gasteiger partial charge in [0.05, 0.1) is 4.90 Å². The number of rotatable bonds is 6. The van der Waals surface area contributed by atoms with E-state index in [1.54, 1.807) is 18.2 Å². The van der Waals surface area contributed by atoms with Crippen LogP contribution in [0.15, 0.2) is 29.2 Å². The molecule has 0 aromatic heterocycles. The average Bonchev–Trinajstić information content (AvgIpc) is 2.34. The van der Waals surface area contributed by atoms with Gasteiger partial charge in [-0.05, 0) is 37.6 Å². The third kappa shape index (κ3) is 4.17. The van der Waals surface area contributed by atoms with Crippen LogP contribution in [0.3, 0.4) is 0 Å². The van der Waals surface area contributed by atoms with Crippen molar-refractivity contribution in [3.8, 4) is 12.3 Å². The van der Waals surface area contributed by atoms with E-state index in [-0.39, 0.29) is 6.04 Å². The van der Waals surface area contributed by atoms with Gasteiger partial charge in [-0.25, -0.2) is 8.42 Å². The van der Waals surface area contributed by atoms with Crippen LogP contribution in [0.4, 0.5) is 0 Å². The van der Waals surface area contributed by atoms with Gasteiger partial charge in [0.25, 0.3) is 0 Å². The van der Waals surface area contributed by atoms with Crippen LogP contribution in [0.1, 0.15) is 30.9 Å². The first kappa shape index (κ1) is 14.7. The maximum Gasteiger partial charge on any atom is 0.175 e. The monoisotopic (exact) mass is 265 g/mol. The van der Waals surface area contributed by atoms with E-state index in [1.807, 2.05) is 13.1 Å². The minimum atomic E-state index is -3.15. The summed E-state index contributed by atoms with van der Waals surface area (Å²) in [5, 5.41) is 3.19. The Kier molecular flexibility index (Phi) is 5.39. The van der Waals surface area contributed by atoms with Crippen molar-refractivity contribution in [3.05, 3.63) is 29.8 Å². The minimum absolute atomic E-state index is 0.139. The van der Waals surface area contributed by atoms with Crippen molar-refractivity contribution in [2.45, 2.75) is 30.2 Å². The van der Waals surface area contributed by atoms with Gasteiger partial charge in [-0.2, -0.15) is 0 Å². The lowest BCUT2D eigenvalue weighted by atomic mass is 10.0. The van der Waals surface area contributed by atoms with Gasteiger partial charge < -0.3 is 5.32 Å². The predicted molar refractivity (Wildman–Crippen MR) is 74.0 cm³/mol. The molecule has 1 unspecified atom stereocenters. The Labute approximate surface area is 110 Å². The van der Waals surface area contributed by atoms with Crippen LogP contribution in [-0.2, 0) is 9.84 Å². The number of unbranched alkanes of at least 4 members (excludes halogenated alkanes) is 1. The molecule has 18 heavy (non-hydrogen) atoms. The van der Waals surface area contributed by atoms with Crippen LogP contribution in [-0.4, -0.2) is 21.7 Å². The van der Waals surface area contributed by atoms with Gasteiger partial charge in [0.1, 0.15) is 0 Å². The Bertz CT molecular complexity index is 529. The van der Waals surface area contributed by atoms with Crippen LogP contribution in [0.25, 0.3) is 0 Å². The van der Waals surface area contributed by atoms with Gasteiger partial charge in [-0.1, -0.05) is 12.1 Å². The Morgan fingerprint density at radius 2 is 2.17 bits per heavy atom. The summed E-state index contributed by atoms with van der Waals surface area (Å²) in [6.07, 6.45) is 9.01. The maximum absolute atomic E-state index is 11.5. The molecule has 0 radical (unpaired) electrons. The lowest BCUT2D eigenvalue weighted by molar-refractivity contribution is 0.531. The van der Waals surface area contributed by atoms with Crippen molar-refractivity contribution in [3.63, 3.8) is 0 Å². The summed E-state index contributed by atoms with van der Waals surface area (Å²) < 4.78 is 23.0. The summed E-state index contributed by atoms with van der Waals surface area (Å²) in [7, 11) is -1.28. The van der Waals surface area contributed by atoms with Crippen LogP contribution >= 0.6 is 0 Å². The van der Waals surface area contributed by atoms with E-state index in [0.29, 0.717) is 4.90 Å². The van der Waals surface area contributed by atoms with Crippen LogP contribution in [0.2, 0.25) is 0 Å². The summed E-state index contributed by atoms with van der Waals surface area (Å²) >= 11 is 0. The fourth-order valence-electron chi connectivity index (χ4n) is 1.85. The molecule has 1 aromatic rings. The smallest absolute Gasteiger partial charge is 0.175 e. The third-order valence-corrected chi connectivity index (χ3v) is 3.96. The minimum Gasteiger partial charge on any atom is -0.313 e. The molecule has 1 aromatic carbocycles. The number of hydrogen-bond acceptors (Lipinski definition) is 3. The van der Waals surface area contributed by atoms with Gasteiger partial charge in [-0.15, -0.1) is 12.3 Å². The first-order valence-electron chi connectivity index (χ1n) is 5.89. The van der Waals surface area contributed by atoms with Gasteiger partial charge >= 0.3 is 0 Å². The van der Waals surface area contributed by atoms with E-state index < -0.39 is 9.84 Å². The summed E-state index contributed by atoms with van der Waals surface area (Å²) in [4.78, 5) is 0.359. The van der Waals surface area contributed by atoms with Crippen LogP contribution in [0.5, 0.6) is 0 Å². The van der Waals surface area contributed by atoms with Crippen molar-refractivity contribution in [2.75, 3.05) is 13.3 Å². The summed E-state index contributed by atoms with van der Waals surface area (Å²) in [6, 6.07) is 7.20. The molecule has 0 spiro atoms. The first-order chi connectivity index (χ1) is 8.49. The van der Waals surface area contributed by atoms with Gasteiger partial charge in [0, 0.05) is 18.7 Å². The summed E-state index contributed by atoms with van der Waals surface area (Å²) in [6.45, 7) is 0. The fraction of sp³-hybridized carbons (Fsp3) is 0.429. The SMILES string of the molecule is C#CCCCC(NC)c1cccc(S(C)(=O)=O)c1. The van der Waals surface area contributed by atoms with E-state index in [9.17, 15) is 8.42 Å². The van der Waals surface area contributed by atoms with E-state index in [0.717, 1.165) is 24.8 Å². The third-order valence-electron chi connectivity index (χ3n) is 2.85. The van der Waals surface area contributed by atoms with E-state index >= 15 is 0 Å². The average molecular weight is 265 g/mol. The van der Waals surface area contributed by atoms with E-state index in [1.165, 1.54) is 6.26 Å².